The van der Waals surface area contributed by atoms with Gasteiger partial charge in [0, 0.05) is 24.8 Å². The Morgan fingerprint density at radius 1 is 1.21 bits per heavy atom. The highest BCUT2D eigenvalue weighted by Crippen LogP contribution is 2.37. The number of nitrogens with one attached hydrogen (secondary N) is 1. The highest BCUT2D eigenvalue weighted by atomic mass is 16.2. The SMILES string of the molecule is CCC(C)NC(=O)CC1CC(=O)C(c2c(C)cc(C)cc2C)C1=O. The van der Waals surface area contributed by atoms with Crippen LogP contribution in [0.1, 0.15) is 61.3 Å². The first-order chi connectivity index (χ1) is 11.2. The third-order valence-corrected chi connectivity index (χ3v) is 4.93. The van der Waals surface area contributed by atoms with Crippen molar-refractivity contribution in [3.05, 3.63) is 34.4 Å². The van der Waals surface area contributed by atoms with Gasteiger partial charge in [0.1, 0.15) is 11.7 Å². The number of amides is 1. The molecule has 24 heavy (non-hydrogen) atoms. The molecule has 4 heteroatoms. The van der Waals surface area contributed by atoms with Gasteiger partial charge in [0.25, 0.3) is 0 Å². The number of carbonyl (C=O) groups is 3. The number of rotatable bonds is 5. The molecule has 0 radical (unpaired) electrons. The molecule has 4 nitrogen and oxygen atoms in total. The second kappa shape index (κ2) is 7.29. The Morgan fingerprint density at radius 3 is 2.33 bits per heavy atom. The molecule has 2 rings (SSSR count). The van der Waals surface area contributed by atoms with Crippen LogP contribution in [0.2, 0.25) is 0 Å². The number of ketones is 2. The third-order valence-electron chi connectivity index (χ3n) is 4.93. The minimum absolute atomic E-state index is 0.0589. The van der Waals surface area contributed by atoms with E-state index in [9.17, 15) is 14.4 Å². The number of benzene rings is 1. The van der Waals surface area contributed by atoms with E-state index in [2.05, 4.69) is 5.32 Å². The highest BCUT2D eigenvalue weighted by molar-refractivity contribution is 6.15. The van der Waals surface area contributed by atoms with E-state index in [-0.39, 0.29) is 36.4 Å². The lowest BCUT2D eigenvalue weighted by molar-refractivity contribution is -0.128. The molecular weight excluding hydrogens is 302 g/mol. The molecule has 1 aromatic carbocycles. The van der Waals surface area contributed by atoms with Crippen molar-refractivity contribution in [2.24, 2.45) is 5.92 Å². The summed E-state index contributed by atoms with van der Waals surface area (Å²) in [6, 6.07) is 4.10. The van der Waals surface area contributed by atoms with Crippen LogP contribution >= 0.6 is 0 Å². The number of Topliss-reactive ketones (excluding diaryl/α,β-unsaturated/α-hetero) is 2. The summed E-state index contributed by atoms with van der Waals surface area (Å²) in [5, 5.41) is 2.87. The lowest BCUT2D eigenvalue weighted by Gasteiger charge is -2.17. The van der Waals surface area contributed by atoms with E-state index < -0.39 is 11.8 Å². The number of carbonyl (C=O) groups excluding carboxylic acids is 3. The van der Waals surface area contributed by atoms with E-state index in [0.29, 0.717) is 0 Å². The van der Waals surface area contributed by atoms with Crippen LogP contribution in [0.5, 0.6) is 0 Å². The van der Waals surface area contributed by atoms with Crippen LogP contribution in [0, 0.1) is 26.7 Å². The Bertz CT molecular complexity index is 654. The van der Waals surface area contributed by atoms with Crippen molar-refractivity contribution in [3.63, 3.8) is 0 Å². The average Bonchev–Trinajstić information content (AvgIpc) is 2.73. The van der Waals surface area contributed by atoms with Gasteiger partial charge < -0.3 is 5.32 Å². The van der Waals surface area contributed by atoms with Crippen molar-refractivity contribution >= 4 is 17.5 Å². The van der Waals surface area contributed by atoms with E-state index in [1.54, 1.807) is 0 Å². The Morgan fingerprint density at radius 2 is 1.79 bits per heavy atom. The monoisotopic (exact) mass is 329 g/mol. The normalized spacial score (nSPS) is 21.9. The van der Waals surface area contributed by atoms with Gasteiger partial charge in [-0.25, -0.2) is 0 Å². The Labute approximate surface area is 144 Å². The summed E-state index contributed by atoms with van der Waals surface area (Å²) in [7, 11) is 0. The van der Waals surface area contributed by atoms with E-state index in [0.717, 1.165) is 28.7 Å². The molecule has 1 N–H and O–H groups in total. The minimum Gasteiger partial charge on any atom is -0.354 e. The van der Waals surface area contributed by atoms with Crippen molar-refractivity contribution in [1.82, 2.24) is 5.32 Å². The molecule has 130 valence electrons. The first-order valence-corrected chi connectivity index (χ1v) is 8.68. The molecule has 1 amide bonds. The van der Waals surface area contributed by atoms with Crippen molar-refractivity contribution in [1.29, 1.82) is 0 Å². The summed E-state index contributed by atoms with van der Waals surface area (Å²) >= 11 is 0. The molecule has 0 aliphatic heterocycles. The van der Waals surface area contributed by atoms with Crippen LogP contribution in [0.15, 0.2) is 12.1 Å². The molecule has 0 aromatic heterocycles. The predicted molar refractivity (Wildman–Crippen MR) is 94.0 cm³/mol. The van der Waals surface area contributed by atoms with Gasteiger partial charge in [0.15, 0.2) is 5.78 Å². The Kier molecular flexibility index (Phi) is 5.58. The first kappa shape index (κ1) is 18.4. The quantitative estimate of drug-likeness (QED) is 0.844. The highest BCUT2D eigenvalue weighted by Gasteiger charge is 2.43. The molecule has 1 fully saturated rings. The predicted octanol–water partition coefficient (Wildman–Crippen LogP) is 3.16. The van der Waals surface area contributed by atoms with Gasteiger partial charge in [-0.15, -0.1) is 0 Å². The van der Waals surface area contributed by atoms with E-state index >= 15 is 0 Å². The van der Waals surface area contributed by atoms with Crippen LogP contribution in [0.4, 0.5) is 0 Å². The lowest BCUT2D eigenvalue weighted by Crippen LogP contribution is -2.34. The molecule has 0 spiro atoms. The van der Waals surface area contributed by atoms with Crippen LogP contribution < -0.4 is 5.32 Å². The topological polar surface area (TPSA) is 63.2 Å². The van der Waals surface area contributed by atoms with Crippen molar-refractivity contribution < 1.29 is 14.4 Å². The average molecular weight is 329 g/mol. The van der Waals surface area contributed by atoms with Crippen LogP contribution in [0.3, 0.4) is 0 Å². The molecule has 1 aliphatic rings. The molecule has 0 bridgehead atoms. The zero-order chi connectivity index (χ0) is 18.0. The summed E-state index contributed by atoms with van der Waals surface area (Å²) in [5.41, 5.74) is 3.91. The largest absolute Gasteiger partial charge is 0.354 e. The van der Waals surface area contributed by atoms with Crippen LogP contribution in [-0.4, -0.2) is 23.5 Å². The van der Waals surface area contributed by atoms with E-state index in [1.165, 1.54) is 0 Å². The second-order valence-corrected chi connectivity index (χ2v) is 7.10. The maximum atomic E-state index is 12.8. The van der Waals surface area contributed by atoms with Gasteiger partial charge in [-0.05, 0) is 50.8 Å². The van der Waals surface area contributed by atoms with Crippen LogP contribution in [0.25, 0.3) is 0 Å². The number of hydrogen-bond donors (Lipinski definition) is 1. The summed E-state index contributed by atoms with van der Waals surface area (Å²) in [5.74, 6) is -1.50. The van der Waals surface area contributed by atoms with Gasteiger partial charge in [0.05, 0.1) is 0 Å². The summed E-state index contributed by atoms with van der Waals surface area (Å²) in [6.07, 6.45) is 1.12. The fourth-order valence-corrected chi connectivity index (χ4v) is 3.64. The smallest absolute Gasteiger partial charge is 0.220 e. The maximum absolute atomic E-state index is 12.8. The number of hydrogen-bond acceptors (Lipinski definition) is 3. The van der Waals surface area contributed by atoms with Crippen molar-refractivity contribution in [3.8, 4) is 0 Å². The zero-order valence-corrected chi connectivity index (χ0v) is 15.2. The molecule has 0 heterocycles. The Hall–Kier alpha value is -1.97. The molecule has 1 aliphatic carbocycles. The minimum atomic E-state index is -0.702. The molecular formula is C20H27NO3. The van der Waals surface area contributed by atoms with Crippen molar-refractivity contribution in [2.45, 2.75) is 65.8 Å². The van der Waals surface area contributed by atoms with Gasteiger partial charge in [0.2, 0.25) is 5.91 Å². The van der Waals surface area contributed by atoms with Gasteiger partial charge in [-0.3, -0.25) is 14.4 Å². The maximum Gasteiger partial charge on any atom is 0.220 e. The molecule has 3 unspecified atom stereocenters. The zero-order valence-electron chi connectivity index (χ0n) is 15.2. The molecule has 0 saturated heterocycles. The van der Waals surface area contributed by atoms with Crippen molar-refractivity contribution in [2.75, 3.05) is 0 Å². The third kappa shape index (κ3) is 3.74. The first-order valence-electron chi connectivity index (χ1n) is 8.68. The fraction of sp³-hybridized carbons (Fsp3) is 0.550. The van der Waals surface area contributed by atoms with Crippen LogP contribution in [-0.2, 0) is 14.4 Å². The summed E-state index contributed by atoms with van der Waals surface area (Å²) < 4.78 is 0. The Balaban J connectivity index is 2.19. The number of aryl methyl sites for hydroxylation is 3. The standard InChI is InChI=1S/C20H27NO3/c1-6-14(5)21-17(23)10-15-9-16(22)19(20(15)24)18-12(3)7-11(2)8-13(18)4/h7-8,14-15,19H,6,9-10H2,1-5H3,(H,21,23). The van der Waals surface area contributed by atoms with Gasteiger partial charge in [-0.2, -0.15) is 0 Å². The summed E-state index contributed by atoms with van der Waals surface area (Å²) in [4.78, 5) is 37.4. The molecule has 3 atom stereocenters. The molecule has 1 saturated carbocycles. The molecule has 1 aromatic rings. The fourth-order valence-electron chi connectivity index (χ4n) is 3.64. The van der Waals surface area contributed by atoms with Gasteiger partial charge >= 0.3 is 0 Å². The summed E-state index contributed by atoms with van der Waals surface area (Å²) in [6.45, 7) is 9.82. The van der Waals surface area contributed by atoms with E-state index in [4.69, 9.17) is 0 Å². The lowest BCUT2D eigenvalue weighted by atomic mass is 9.86. The van der Waals surface area contributed by atoms with Gasteiger partial charge in [-0.1, -0.05) is 24.6 Å². The van der Waals surface area contributed by atoms with E-state index in [1.807, 2.05) is 46.8 Å². The second-order valence-electron chi connectivity index (χ2n) is 7.10.